The van der Waals surface area contributed by atoms with E-state index in [-0.39, 0.29) is 24.1 Å². The van der Waals surface area contributed by atoms with Gasteiger partial charge in [-0.25, -0.2) is 4.39 Å². The van der Waals surface area contributed by atoms with Crippen LogP contribution in [-0.4, -0.2) is 17.6 Å². The Labute approximate surface area is 132 Å². The summed E-state index contributed by atoms with van der Waals surface area (Å²) in [5.41, 5.74) is 12.4. The average molecular weight is 319 g/mol. The van der Waals surface area contributed by atoms with Crippen molar-refractivity contribution in [3.05, 3.63) is 58.0 Å². The van der Waals surface area contributed by atoms with Crippen LogP contribution in [0.25, 0.3) is 0 Å². The van der Waals surface area contributed by atoms with Crippen LogP contribution in [0.1, 0.15) is 22.8 Å². The van der Waals surface area contributed by atoms with Crippen molar-refractivity contribution < 1.29 is 9.18 Å². The summed E-state index contributed by atoms with van der Waals surface area (Å²) in [7, 11) is 0. The molecule has 5 N–H and O–H groups in total. The quantitative estimate of drug-likeness (QED) is 0.734. The lowest BCUT2D eigenvalue weighted by Crippen LogP contribution is -2.52. The highest BCUT2D eigenvalue weighted by atomic mass is 32.1. The Morgan fingerprint density at radius 3 is 2.77 bits per heavy atom. The molecule has 0 spiro atoms. The molecular weight excluding hydrogens is 301 g/mol. The Bertz CT molecular complexity index is 675. The smallest absolute Gasteiger partial charge is 0.238 e. The van der Waals surface area contributed by atoms with E-state index in [0.717, 1.165) is 5.56 Å². The van der Waals surface area contributed by atoms with Crippen LogP contribution in [0.15, 0.2) is 41.8 Å². The predicted octanol–water partition coefficient (Wildman–Crippen LogP) is 1.72. The lowest BCUT2D eigenvalue weighted by Gasteiger charge is -2.18. The van der Waals surface area contributed by atoms with Gasteiger partial charge in [-0.15, -0.1) is 11.3 Å². The number of nitrogens with one attached hydrogen (secondary N) is 1. The van der Waals surface area contributed by atoms with Crippen molar-refractivity contribution in [2.75, 3.05) is 0 Å². The molecule has 0 saturated heterocycles. The Morgan fingerprint density at radius 2 is 2.14 bits per heavy atom. The molecule has 0 bridgehead atoms. The molecule has 0 aliphatic heterocycles. The van der Waals surface area contributed by atoms with Crippen LogP contribution in [0, 0.1) is 5.82 Å². The second-order valence-electron chi connectivity index (χ2n) is 5.70. The van der Waals surface area contributed by atoms with Crippen molar-refractivity contribution in [2.45, 2.75) is 30.5 Å². The van der Waals surface area contributed by atoms with Crippen LogP contribution in [0.3, 0.4) is 0 Å². The molecular formula is C16H18FN3OS. The van der Waals surface area contributed by atoms with Gasteiger partial charge in [0.15, 0.2) is 0 Å². The number of rotatable bonds is 5. The Morgan fingerprint density at radius 1 is 1.41 bits per heavy atom. The number of carbonyl (C=O) groups is 1. The number of hydrogen-bond acceptors (Lipinski definition) is 4. The van der Waals surface area contributed by atoms with Gasteiger partial charge in [0.2, 0.25) is 5.91 Å². The van der Waals surface area contributed by atoms with E-state index >= 15 is 0 Å². The molecule has 4 nitrogen and oxygen atoms in total. The van der Waals surface area contributed by atoms with Gasteiger partial charge in [-0.2, -0.15) is 0 Å². The second kappa shape index (κ2) is 5.79. The number of carbonyl (C=O) groups excluding carboxylic acids is 1. The monoisotopic (exact) mass is 319 g/mol. The number of nitrogens with two attached hydrogens (primary N) is 2. The molecule has 3 atom stereocenters. The normalized spacial score (nSPS) is 24.8. The van der Waals surface area contributed by atoms with E-state index in [9.17, 15) is 9.18 Å². The summed E-state index contributed by atoms with van der Waals surface area (Å²) in [5, 5.41) is 4.45. The van der Waals surface area contributed by atoms with Crippen LogP contribution in [-0.2, 0) is 11.2 Å². The molecule has 116 valence electrons. The van der Waals surface area contributed by atoms with Gasteiger partial charge >= 0.3 is 0 Å². The van der Waals surface area contributed by atoms with Crippen LogP contribution in [0.5, 0.6) is 0 Å². The predicted molar refractivity (Wildman–Crippen MR) is 84.8 cm³/mol. The lowest BCUT2D eigenvalue weighted by molar-refractivity contribution is -0.123. The van der Waals surface area contributed by atoms with Gasteiger partial charge in [-0.1, -0.05) is 30.3 Å². The molecule has 1 aromatic heterocycles. The van der Waals surface area contributed by atoms with E-state index in [2.05, 4.69) is 5.32 Å². The Kier molecular flexibility index (Phi) is 3.99. The van der Waals surface area contributed by atoms with Crippen molar-refractivity contribution in [3.63, 3.8) is 0 Å². The van der Waals surface area contributed by atoms with Crippen LogP contribution in [0.4, 0.5) is 4.39 Å². The summed E-state index contributed by atoms with van der Waals surface area (Å²) in [5.74, 6) is -0.554. The highest BCUT2D eigenvalue weighted by molar-refractivity contribution is 7.09. The van der Waals surface area contributed by atoms with E-state index in [1.165, 1.54) is 17.4 Å². The van der Waals surface area contributed by atoms with Gasteiger partial charge in [-0.3, -0.25) is 4.79 Å². The molecule has 1 unspecified atom stereocenters. The maximum atomic E-state index is 13.4. The molecule has 2 aromatic rings. The molecule has 1 fully saturated rings. The number of thiophene rings is 1. The molecule has 1 heterocycles. The molecule has 22 heavy (non-hydrogen) atoms. The molecule has 6 heteroatoms. The summed E-state index contributed by atoms with van der Waals surface area (Å²) in [6.07, 6.45) is 0.865. The standard InChI is InChI=1S/C16H18FN3OS/c17-12-6-7-22-14(12)8-13(18)15(21)20-16(19)9-11(16)10-4-2-1-3-5-10/h1-7,11,13H,8-9,18-19H2,(H,20,21)/t11-,13?,16-/m1/s1. The molecule has 1 aliphatic rings. The van der Waals surface area contributed by atoms with Crippen molar-refractivity contribution in [2.24, 2.45) is 11.5 Å². The lowest BCUT2D eigenvalue weighted by atomic mass is 10.1. The van der Waals surface area contributed by atoms with E-state index < -0.39 is 11.7 Å². The third kappa shape index (κ3) is 3.04. The number of amides is 1. The molecule has 1 aromatic carbocycles. The fourth-order valence-corrected chi connectivity index (χ4v) is 3.41. The van der Waals surface area contributed by atoms with Crippen molar-refractivity contribution >= 4 is 17.2 Å². The highest BCUT2D eigenvalue weighted by Gasteiger charge is 2.53. The van der Waals surface area contributed by atoms with Crippen LogP contribution < -0.4 is 16.8 Å². The van der Waals surface area contributed by atoms with E-state index in [1.54, 1.807) is 5.38 Å². The van der Waals surface area contributed by atoms with Gasteiger partial charge < -0.3 is 16.8 Å². The van der Waals surface area contributed by atoms with E-state index in [1.807, 2.05) is 30.3 Å². The molecule has 3 rings (SSSR count). The maximum Gasteiger partial charge on any atom is 0.238 e. The second-order valence-corrected chi connectivity index (χ2v) is 6.70. The SMILES string of the molecule is NC(Cc1sccc1F)C(=O)N[C@]1(N)C[C@@H]1c1ccccc1. The molecule has 1 aliphatic carbocycles. The first-order valence-corrected chi connectivity index (χ1v) is 8.01. The van der Waals surface area contributed by atoms with Crippen molar-refractivity contribution in [1.29, 1.82) is 0 Å². The summed E-state index contributed by atoms with van der Waals surface area (Å²) in [6.45, 7) is 0. The number of hydrogen-bond donors (Lipinski definition) is 3. The average Bonchev–Trinajstić information content (AvgIpc) is 3.01. The fraction of sp³-hybridized carbons (Fsp3) is 0.312. The van der Waals surface area contributed by atoms with Crippen molar-refractivity contribution in [1.82, 2.24) is 5.32 Å². The largest absolute Gasteiger partial charge is 0.336 e. The van der Waals surface area contributed by atoms with Gasteiger partial charge in [-0.05, 0) is 23.4 Å². The zero-order valence-electron chi connectivity index (χ0n) is 12.0. The fourth-order valence-electron chi connectivity index (χ4n) is 2.60. The van der Waals surface area contributed by atoms with Gasteiger partial charge in [0.05, 0.1) is 11.7 Å². The first-order valence-electron chi connectivity index (χ1n) is 7.13. The van der Waals surface area contributed by atoms with Crippen LogP contribution in [0.2, 0.25) is 0 Å². The molecule has 0 radical (unpaired) electrons. The highest BCUT2D eigenvalue weighted by Crippen LogP contribution is 2.47. The molecule has 1 amide bonds. The van der Waals surface area contributed by atoms with Gasteiger partial charge in [0, 0.05) is 17.2 Å². The zero-order chi connectivity index (χ0) is 15.7. The van der Waals surface area contributed by atoms with E-state index in [4.69, 9.17) is 11.5 Å². The summed E-state index contributed by atoms with van der Waals surface area (Å²) >= 11 is 1.26. The van der Waals surface area contributed by atoms with Gasteiger partial charge in [0.1, 0.15) is 5.82 Å². The summed E-state index contributed by atoms with van der Waals surface area (Å²) < 4.78 is 13.4. The van der Waals surface area contributed by atoms with Crippen LogP contribution >= 0.6 is 11.3 Å². The minimum absolute atomic E-state index is 0.100. The molecule has 1 saturated carbocycles. The van der Waals surface area contributed by atoms with Gasteiger partial charge in [0.25, 0.3) is 0 Å². The third-order valence-electron chi connectivity index (χ3n) is 3.99. The first-order chi connectivity index (χ1) is 10.5. The number of halogens is 1. The summed E-state index contributed by atoms with van der Waals surface area (Å²) in [4.78, 5) is 12.7. The Hall–Kier alpha value is -1.76. The Balaban J connectivity index is 1.59. The third-order valence-corrected chi connectivity index (χ3v) is 4.91. The topological polar surface area (TPSA) is 81.1 Å². The number of benzene rings is 1. The zero-order valence-corrected chi connectivity index (χ0v) is 12.8. The van der Waals surface area contributed by atoms with E-state index in [0.29, 0.717) is 11.3 Å². The minimum atomic E-state index is -0.800. The van der Waals surface area contributed by atoms with Crippen molar-refractivity contribution in [3.8, 4) is 0 Å². The first kappa shape index (κ1) is 15.1. The summed E-state index contributed by atoms with van der Waals surface area (Å²) in [6, 6.07) is 10.4. The minimum Gasteiger partial charge on any atom is -0.336 e. The maximum absolute atomic E-state index is 13.4.